The van der Waals surface area contributed by atoms with Crippen molar-refractivity contribution < 1.29 is 24.2 Å². The number of rotatable bonds is 4. The van der Waals surface area contributed by atoms with Gasteiger partial charge < -0.3 is 20.3 Å². The quantitative estimate of drug-likeness (QED) is 0.824. The van der Waals surface area contributed by atoms with E-state index in [0.29, 0.717) is 4.88 Å². The Kier molecular flexibility index (Phi) is 4.10. The molecule has 1 saturated heterocycles. The Morgan fingerprint density at radius 2 is 2.24 bits per heavy atom. The maximum absolute atomic E-state index is 12.3. The maximum atomic E-state index is 12.3. The zero-order valence-corrected chi connectivity index (χ0v) is 13.0. The summed E-state index contributed by atoms with van der Waals surface area (Å²) in [6.07, 6.45) is -1.35. The molecule has 0 amide bonds. The van der Waals surface area contributed by atoms with Crippen LogP contribution in [0.5, 0.6) is 0 Å². The summed E-state index contributed by atoms with van der Waals surface area (Å²) >= 11 is 1.35. The first kappa shape index (κ1) is 15.9. The number of carbonyl (C=O) groups excluding carboxylic acids is 1. The minimum Gasteiger partial charge on any atom is -0.481 e. The van der Waals surface area contributed by atoms with Crippen molar-refractivity contribution in [2.24, 2.45) is 11.1 Å². The number of hydrogen-bond acceptors (Lipinski definition) is 6. The smallest absolute Gasteiger partial charge is 0.343 e. The van der Waals surface area contributed by atoms with Crippen molar-refractivity contribution in [1.29, 1.82) is 0 Å². The third-order valence-corrected chi connectivity index (χ3v) is 4.31. The molecule has 0 aliphatic carbocycles. The molecule has 0 unspecified atom stereocenters. The SMILES string of the molecule is CC(C)(C)[C@@H]1OC(=O)[C@@](CC(=O)O)([C@H](N)c2cccs2)O1. The van der Waals surface area contributed by atoms with Gasteiger partial charge in [0.1, 0.15) is 0 Å². The Hall–Kier alpha value is -1.44. The Labute approximate surface area is 126 Å². The van der Waals surface area contributed by atoms with E-state index < -0.39 is 41.7 Å². The fourth-order valence-corrected chi connectivity index (χ4v) is 2.97. The van der Waals surface area contributed by atoms with Crippen molar-refractivity contribution >= 4 is 23.3 Å². The number of ether oxygens (including phenoxy) is 2. The highest BCUT2D eigenvalue weighted by Gasteiger charge is 2.58. The molecule has 0 saturated carbocycles. The molecule has 7 heteroatoms. The van der Waals surface area contributed by atoms with E-state index in [4.69, 9.17) is 20.3 Å². The number of esters is 1. The summed E-state index contributed by atoms with van der Waals surface area (Å²) in [5.41, 5.74) is 3.99. The highest BCUT2D eigenvalue weighted by atomic mass is 32.1. The normalized spacial score (nSPS) is 27.4. The summed E-state index contributed by atoms with van der Waals surface area (Å²) in [4.78, 5) is 24.2. The predicted octanol–water partition coefficient (Wildman–Crippen LogP) is 1.91. The topological polar surface area (TPSA) is 98.9 Å². The Bertz CT molecular complexity index is 536. The van der Waals surface area contributed by atoms with Crippen LogP contribution < -0.4 is 5.73 Å². The van der Waals surface area contributed by atoms with E-state index in [0.717, 1.165) is 0 Å². The first-order valence-corrected chi connectivity index (χ1v) is 7.44. The van der Waals surface area contributed by atoms with E-state index in [9.17, 15) is 9.59 Å². The molecule has 3 N–H and O–H groups in total. The number of aliphatic carboxylic acids is 1. The van der Waals surface area contributed by atoms with Gasteiger partial charge in [-0.2, -0.15) is 0 Å². The molecule has 1 aliphatic heterocycles. The van der Waals surface area contributed by atoms with Gasteiger partial charge in [0.25, 0.3) is 0 Å². The number of carboxylic acid groups (broad SMARTS) is 1. The van der Waals surface area contributed by atoms with Crippen molar-refractivity contribution in [3.63, 3.8) is 0 Å². The van der Waals surface area contributed by atoms with E-state index in [2.05, 4.69) is 0 Å². The lowest BCUT2D eigenvalue weighted by Gasteiger charge is -2.31. The molecule has 0 spiro atoms. The summed E-state index contributed by atoms with van der Waals surface area (Å²) in [6, 6.07) is 2.66. The third kappa shape index (κ3) is 2.95. The molecule has 1 fully saturated rings. The van der Waals surface area contributed by atoms with E-state index in [1.807, 2.05) is 26.2 Å². The Morgan fingerprint density at radius 3 is 2.67 bits per heavy atom. The number of carbonyl (C=O) groups is 2. The highest BCUT2D eigenvalue weighted by molar-refractivity contribution is 7.10. The molecule has 3 atom stereocenters. The van der Waals surface area contributed by atoms with Gasteiger partial charge in [0.05, 0.1) is 12.5 Å². The minimum absolute atomic E-state index is 0.467. The van der Waals surface area contributed by atoms with E-state index in [-0.39, 0.29) is 0 Å². The fraction of sp³-hybridized carbons (Fsp3) is 0.571. The van der Waals surface area contributed by atoms with Gasteiger partial charge in [-0.3, -0.25) is 4.79 Å². The molecular weight excluding hydrogens is 294 g/mol. The van der Waals surface area contributed by atoms with Gasteiger partial charge in [0.15, 0.2) is 5.60 Å². The second kappa shape index (κ2) is 5.40. The van der Waals surface area contributed by atoms with Crippen molar-refractivity contribution in [2.75, 3.05) is 0 Å². The number of hydrogen-bond donors (Lipinski definition) is 2. The Balaban J connectivity index is 2.39. The zero-order valence-electron chi connectivity index (χ0n) is 12.2. The maximum Gasteiger partial charge on any atom is 0.343 e. The third-order valence-electron chi connectivity index (χ3n) is 3.35. The largest absolute Gasteiger partial charge is 0.481 e. The highest BCUT2D eigenvalue weighted by Crippen LogP contribution is 2.43. The molecular formula is C14H19NO5S. The lowest BCUT2D eigenvalue weighted by molar-refractivity contribution is -0.163. The van der Waals surface area contributed by atoms with Crippen LogP contribution in [0.2, 0.25) is 0 Å². The molecule has 1 aromatic rings. The van der Waals surface area contributed by atoms with Gasteiger partial charge in [0, 0.05) is 10.3 Å². The van der Waals surface area contributed by atoms with E-state index in [1.165, 1.54) is 11.3 Å². The molecule has 21 heavy (non-hydrogen) atoms. The van der Waals surface area contributed by atoms with Crippen molar-refractivity contribution in [2.45, 2.75) is 45.1 Å². The number of thiophene rings is 1. The molecule has 1 aromatic heterocycles. The van der Waals surface area contributed by atoms with Crippen LogP contribution in [-0.2, 0) is 19.1 Å². The average Bonchev–Trinajstić information content (AvgIpc) is 2.96. The second-order valence-corrected chi connectivity index (χ2v) is 7.15. The molecule has 116 valence electrons. The molecule has 2 rings (SSSR count). The zero-order chi connectivity index (χ0) is 15.8. The van der Waals surface area contributed by atoms with Crippen LogP contribution in [0.3, 0.4) is 0 Å². The van der Waals surface area contributed by atoms with Crippen LogP contribution in [0.25, 0.3) is 0 Å². The summed E-state index contributed by atoms with van der Waals surface area (Å²) in [6.45, 7) is 5.54. The standard InChI is InChI=1S/C14H19NO5S/c1-13(2,3)12-19-11(18)14(20-12,7-9(16)17)10(15)8-5-4-6-21-8/h4-6,10,12H,7,15H2,1-3H3,(H,16,17)/t10-,12-,14-/m1/s1. The van der Waals surface area contributed by atoms with Gasteiger partial charge in [-0.15, -0.1) is 11.3 Å². The summed E-state index contributed by atoms with van der Waals surface area (Å²) in [5.74, 6) is -1.88. The first-order valence-electron chi connectivity index (χ1n) is 6.56. The summed E-state index contributed by atoms with van der Waals surface area (Å²) < 4.78 is 11.0. The average molecular weight is 313 g/mol. The molecule has 0 bridgehead atoms. The second-order valence-electron chi connectivity index (χ2n) is 6.17. The van der Waals surface area contributed by atoms with Gasteiger partial charge in [0.2, 0.25) is 6.29 Å². The van der Waals surface area contributed by atoms with Crippen molar-refractivity contribution in [3.05, 3.63) is 22.4 Å². The van der Waals surface area contributed by atoms with Crippen LogP contribution in [0.4, 0.5) is 0 Å². The monoisotopic (exact) mass is 313 g/mol. The molecule has 1 aliphatic rings. The number of carboxylic acids is 1. The van der Waals surface area contributed by atoms with E-state index in [1.54, 1.807) is 12.1 Å². The van der Waals surface area contributed by atoms with Crippen LogP contribution in [0.1, 0.15) is 38.1 Å². The van der Waals surface area contributed by atoms with Gasteiger partial charge in [-0.25, -0.2) is 4.79 Å². The predicted molar refractivity (Wildman–Crippen MR) is 76.7 cm³/mol. The van der Waals surface area contributed by atoms with Gasteiger partial charge in [-0.05, 0) is 11.4 Å². The molecule has 0 aromatic carbocycles. The van der Waals surface area contributed by atoms with Gasteiger partial charge in [-0.1, -0.05) is 26.8 Å². The summed E-state index contributed by atoms with van der Waals surface area (Å²) in [7, 11) is 0. The Morgan fingerprint density at radius 1 is 1.57 bits per heavy atom. The van der Waals surface area contributed by atoms with Crippen LogP contribution in [-0.4, -0.2) is 28.9 Å². The van der Waals surface area contributed by atoms with E-state index >= 15 is 0 Å². The van der Waals surface area contributed by atoms with Crippen LogP contribution in [0, 0.1) is 5.41 Å². The number of cyclic esters (lactones) is 1. The number of nitrogens with two attached hydrogens (primary N) is 1. The minimum atomic E-state index is -1.69. The van der Waals surface area contributed by atoms with Crippen LogP contribution >= 0.6 is 11.3 Å². The fourth-order valence-electron chi connectivity index (χ4n) is 2.16. The molecule has 0 radical (unpaired) electrons. The van der Waals surface area contributed by atoms with Crippen molar-refractivity contribution in [3.8, 4) is 0 Å². The van der Waals surface area contributed by atoms with Crippen molar-refractivity contribution in [1.82, 2.24) is 0 Å². The first-order chi connectivity index (χ1) is 9.67. The molecule has 6 nitrogen and oxygen atoms in total. The van der Waals surface area contributed by atoms with Gasteiger partial charge >= 0.3 is 11.9 Å². The molecule has 2 heterocycles. The van der Waals surface area contributed by atoms with Crippen LogP contribution in [0.15, 0.2) is 17.5 Å². The lowest BCUT2D eigenvalue weighted by Crippen LogP contribution is -2.48. The lowest BCUT2D eigenvalue weighted by atomic mass is 9.89. The summed E-state index contributed by atoms with van der Waals surface area (Å²) in [5, 5.41) is 11.0.